The third kappa shape index (κ3) is 4.61. The van der Waals surface area contributed by atoms with Gasteiger partial charge >= 0.3 is 0 Å². The molecule has 1 rings (SSSR count). The maximum atomic E-state index is 12.8. The van der Waals surface area contributed by atoms with E-state index in [9.17, 15) is 4.79 Å². The SMILES string of the molecule is CCC(CC)(CN)C(=O)N(C)Cc1cc(C)c(OC)c(C)c1.Cl. The van der Waals surface area contributed by atoms with Gasteiger partial charge in [0.05, 0.1) is 12.5 Å². The molecule has 0 aliphatic rings. The first-order chi connectivity index (χ1) is 10.3. The number of carbonyl (C=O) groups excluding carboxylic acids is 1. The highest BCUT2D eigenvalue weighted by molar-refractivity contribution is 5.85. The van der Waals surface area contributed by atoms with Gasteiger partial charge in [-0.1, -0.05) is 26.0 Å². The second-order valence-corrected chi connectivity index (χ2v) is 6.12. The number of benzene rings is 1. The minimum Gasteiger partial charge on any atom is -0.496 e. The summed E-state index contributed by atoms with van der Waals surface area (Å²) in [5, 5.41) is 0. The molecule has 132 valence electrons. The van der Waals surface area contributed by atoms with Gasteiger partial charge in [0.2, 0.25) is 5.91 Å². The van der Waals surface area contributed by atoms with Gasteiger partial charge in [-0.2, -0.15) is 0 Å². The standard InChI is InChI=1S/C18H30N2O2.ClH/c1-7-18(8-2,12-19)17(21)20(5)11-15-9-13(3)16(22-6)14(4)10-15;/h9-10H,7-8,11-12,19H2,1-6H3;1H. The Bertz CT molecular complexity index is 496. The van der Waals surface area contributed by atoms with E-state index < -0.39 is 5.41 Å². The van der Waals surface area contributed by atoms with E-state index in [0.29, 0.717) is 13.1 Å². The van der Waals surface area contributed by atoms with Crippen LogP contribution < -0.4 is 10.5 Å². The number of halogens is 1. The van der Waals surface area contributed by atoms with E-state index in [2.05, 4.69) is 12.1 Å². The van der Waals surface area contributed by atoms with E-state index in [4.69, 9.17) is 10.5 Å². The van der Waals surface area contributed by atoms with Gasteiger partial charge in [0, 0.05) is 20.1 Å². The molecule has 1 aromatic carbocycles. The Labute approximate surface area is 146 Å². The fourth-order valence-electron chi connectivity index (χ4n) is 3.13. The van der Waals surface area contributed by atoms with Gasteiger partial charge < -0.3 is 15.4 Å². The van der Waals surface area contributed by atoms with Gasteiger partial charge in [0.25, 0.3) is 0 Å². The topological polar surface area (TPSA) is 55.6 Å². The molecule has 4 nitrogen and oxygen atoms in total. The van der Waals surface area contributed by atoms with Crippen molar-refractivity contribution in [1.82, 2.24) is 4.90 Å². The van der Waals surface area contributed by atoms with Crippen LogP contribution in [0.25, 0.3) is 0 Å². The molecule has 0 spiro atoms. The summed E-state index contributed by atoms with van der Waals surface area (Å²) in [6, 6.07) is 4.16. The average molecular weight is 343 g/mol. The van der Waals surface area contributed by atoms with Gasteiger partial charge in [-0.05, 0) is 43.4 Å². The Morgan fingerprint density at radius 2 is 1.70 bits per heavy atom. The summed E-state index contributed by atoms with van der Waals surface area (Å²) in [4.78, 5) is 14.6. The summed E-state index contributed by atoms with van der Waals surface area (Å²) >= 11 is 0. The number of aryl methyl sites for hydroxylation is 2. The fourth-order valence-corrected chi connectivity index (χ4v) is 3.13. The molecule has 0 saturated heterocycles. The zero-order valence-corrected chi connectivity index (χ0v) is 16.0. The third-order valence-electron chi connectivity index (χ3n) is 4.69. The molecule has 1 aromatic rings. The van der Waals surface area contributed by atoms with Crippen LogP contribution in [0, 0.1) is 19.3 Å². The number of ether oxygens (including phenoxy) is 1. The molecule has 2 N–H and O–H groups in total. The molecule has 0 radical (unpaired) electrons. The van der Waals surface area contributed by atoms with Crippen LogP contribution in [0.15, 0.2) is 12.1 Å². The molecule has 0 atom stereocenters. The normalized spacial score (nSPS) is 10.9. The number of nitrogens with two attached hydrogens (primary N) is 1. The van der Waals surface area contributed by atoms with Crippen LogP contribution >= 0.6 is 12.4 Å². The van der Waals surface area contributed by atoms with E-state index in [1.165, 1.54) is 0 Å². The van der Waals surface area contributed by atoms with Gasteiger partial charge in [0.15, 0.2) is 0 Å². The van der Waals surface area contributed by atoms with Crippen LogP contribution in [0.3, 0.4) is 0 Å². The van der Waals surface area contributed by atoms with Crippen LogP contribution in [0.2, 0.25) is 0 Å². The third-order valence-corrected chi connectivity index (χ3v) is 4.69. The number of nitrogens with zero attached hydrogens (tertiary/aromatic N) is 1. The number of rotatable bonds is 7. The lowest BCUT2D eigenvalue weighted by Gasteiger charge is -2.33. The van der Waals surface area contributed by atoms with Crippen molar-refractivity contribution in [2.75, 3.05) is 20.7 Å². The van der Waals surface area contributed by atoms with Crippen LogP contribution in [0.1, 0.15) is 43.4 Å². The first-order valence-electron chi connectivity index (χ1n) is 7.94. The second kappa shape index (κ2) is 9.14. The van der Waals surface area contributed by atoms with E-state index in [0.717, 1.165) is 35.3 Å². The minimum absolute atomic E-state index is 0. The van der Waals surface area contributed by atoms with Crippen molar-refractivity contribution in [1.29, 1.82) is 0 Å². The smallest absolute Gasteiger partial charge is 0.230 e. The van der Waals surface area contributed by atoms with Crippen molar-refractivity contribution in [2.24, 2.45) is 11.1 Å². The molecule has 0 aromatic heterocycles. The molecule has 0 unspecified atom stereocenters. The van der Waals surface area contributed by atoms with Crippen LogP contribution in [0.5, 0.6) is 5.75 Å². The van der Waals surface area contributed by atoms with Crippen molar-refractivity contribution >= 4 is 18.3 Å². The average Bonchev–Trinajstić information content (AvgIpc) is 2.49. The van der Waals surface area contributed by atoms with E-state index in [-0.39, 0.29) is 18.3 Å². The molecular weight excluding hydrogens is 312 g/mol. The molecule has 23 heavy (non-hydrogen) atoms. The highest BCUT2D eigenvalue weighted by Gasteiger charge is 2.35. The molecule has 0 aliphatic heterocycles. The molecule has 0 fully saturated rings. The first kappa shape index (κ1) is 21.7. The van der Waals surface area contributed by atoms with Crippen molar-refractivity contribution in [3.05, 3.63) is 28.8 Å². The largest absolute Gasteiger partial charge is 0.496 e. The second-order valence-electron chi connectivity index (χ2n) is 6.12. The summed E-state index contributed by atoms with van der Waals surface area (Å²) < 4.78 is 5.39. The van der Waals surface area contributed by atoms with Crippen molar-refractivity contribution in [2.45, 2.75) is 47.1 Å². The number of amides is 1. The summed E-state index contributed by atoms with van der Waals surface area (Å²) in [5.74, 6) is 1.04. The van der Waals surface area contributed by atoms with Crippen LogP contribution in [-0.2, 0) is 11.3 Å². The summed E-state index contributed by atoms with van der Waals surface area (Å²) in [6.45, 7) is 9.10. The quantitative estimate of drug-likeness (QED) is 0.825. The maximum Gasteiger partial charge on any atom is 0.230 e. The zero-order valence-electron chi connectivity index (χ0n) is 15.2. The lowest BCUT2D eigenvalue weighted by atomic mass is 9.81. The highest BCUT2D eigenvalue weighted by atomic mass is 35.5. The zero-order chi connectivity index (χ0) is 16.9. The predicted octanol–water partition coefficient (Wildman–Crippen LogP) is 3.46. The van der Waals surface area contributed by atoms with Gasteiger partial charge in [0.1, 0.15) is 5.75 Å². The highest BCUT2D eigenvalue weighted by Crippen LogP contribution is 2.29. The monoisotopic (exact) mass is 342 g/mol. The van der Waals surface area contributed by atoms with Gasteiger partial charge in [-0.3, -0.25) is 4.79 Å². The fraction of sp³-hybridized carbons (Fsp3) is 0.611. The van der Waals surface area contributed by atoms with Crippen molar-refractivity contribution in [3.63, 3.8) is 0 Å². The lowest BCUT2D eigenvalue weighted by Crippen LogP contribution is -2.45. The van der Waals surface area contributed by atoms with E-state index >= 15 is 0 Å². The Morgan fingerprint density at radius 1 is 1.22 bits per heavy atom. The number of hydrogen-bond donors (Lipinski definition) is 1. The Morgan fingerprint density at radius 3 is 2.04 bits per heavy atom. The van der Waals surface area contributed by atoms with Gasteiger partial charge in [-0.15, -0.1) is 12.4 Å². The van der Waals surface area contributed by atoms with Crippen LogP contribution in [0.4, 0.5) is 0 Å². The lowest BCUT2D eigenvalue weighted by molar-refractivity contribution is -0.141. The number of methoxy groups -OCH3 is 1. The molecule has 5 heteroatoms. The Kier molecular flexibility index (Phi) is 8.64. The molecule has 1 amide bonds. The molecule has 0 heterocycles. The van der Waals surface area contributed by atoms with E-state index in [1.54, 1.807) is 12.0 Å². The molecule has 0 saturated carbocycles. The number of carbonyl (C=O) groups is 1. The first-order valence-corrected chi connectivity index (χ1v) is 7.94. The molecule has 0 aliphatic carbocycles. The summed E-state index contributed by atoms with van der Waals surface area (Å²) in [5.41, 5.74) is 8.74. The van der Waals surface area contributed by atoms with Gasteiger partial charge in [-0.25, -0.2) is 0 Å². The van der Waals surface area contributed by atoms with Crippen molar-refractivity contribution in [3.8, 4) is 5.75 Å². The summed E-state index contributed by atoms with van der Waals surface area (Å²) in [6.07, 6.45) is 1.54. The Hall–Kier alpha value is -1.26. The minimum atomic E-state index is -0.439. The maximum absolute atomic E-state index is 12.8. The Balaban J connectivity index is 0.00000484. The van der Waals surface area contributed by atoms with Crippen LogP contribution in [-0.4, -0.2) is 31.5 Å². The predicted molar refractivity (Wildman–Crippen MR) is 98.3 cm³/mol. The molecule has 0 bridgehead atoms. The van der Waals surface area contributed by atoms with Crippen molar-refractivity contribution < 1.29 is 9.53 Å². The summed E-state index contributed by atoms with van der Waals surface area (Å²) in [7, 11) is 3.54. The molecular formula is C18H31ClN2O2. The number of hydrogen-bond acceptors (Lipinski definition) is 3. The van der Waals surface area contributed by atoms with E-state index in [1.807, 2.05) is 34.7 Å².